The maximum atomic E-state index is 12.8. The van der Waals surface area contributed by atoms with Gasteiger partial charge in [0.1, 0.15) is 13.1 Å². The molecule has 13 heteroatoms. The number of carboxylic acid groups (broad SMARTS) is 3. The van der Waals surface area contributed by atoms with Crippen molar-refractivity contribution in [2.24, 2.45) is 0 Å². The Kier molecular flexibility index (Phi) is 12.6. The fourth-order valence-corrected chi connectivity index (χ4v) is 5.33. The number of aliphatic carboxylic acids is 1. The number of carboxylic acids is 1. The Labute approximate surface area is 225 Å². The molecule has 0 radical (unpaired) electrons. The Morgan fingerprint density at radius 2 is 1.05 bits per heavy atom. The van der Waals surface area contributed by atoms with E-state index < -0.39 is 45.8 Å². The Morgan fingerprint density at radius 3 is 1.32 bits per heavy atom. The number of carbonyl (C=O) groups is 5. The summed E-state index contributed by atoms with van der Waals surface area (Å²) in [6.07, 6.45) is -0.727. The fourth-order valence-electron chi connectivity index (χ4n) is 5.33. The summed E-state index contributed by atoms with van der Waals surface area (Å²) < 4.78 is -1.23. The number of quaternary nitrogens is 2. The molecule has 0 saturated carbocycles. The van der Waals surface area contributed by atoms with Crippen LogP contribution in [0.25, 0.3) is 0 Å². The molecule has 1 aliphatic rings. The summed E-state index contributed by atoms with van der Waals surface area (Å²) in [6.45, 7) is 8.07. The van der Waals surface area contributed by atoms with Crippen LogP contribution in [0.4, 0.5) is 9.59 Å². The molecule has 4 unspecified atom stereocenters. The normalized spacial score (nSPS) is 21.1. The van der Waals surface area contributed by atoms with Gasteiger partial charge in [-0.05, 0) is 47.0 Å². The van der Waals surface area contributed by atoms with Crippen molar-refractivity contribution < 1.29 is 48.3 Å². The van der Waals surface area contributed by atoms with Crippen LogP contribution in [-0.2, 0) is 14.4 Å². The Hall–Kier alpha value is -2.77. The molecule has 13 nitrogen and oxygen atoms in total. The maximum Gasteiger partial charge on any atom is 0.513 e. The lowest BCUT2D eigenvalue weighted by Crippen LogP contribution is -2.65. The average molecular weight is 546 g/mol. The van der Waals surface area contributed by atoms with Crippen LogP contribution in [0.5, 0.6) is 0 Å². The van der Waals surface area contributed by atoms with Crippen LogP contribution in [0.1, 0.15) is 47.0 Å². The van der Waals surface area contributed by atoms with Gasteiger partial charge in [-0.3, -0.25) is 19.3 Å². The SMILES string of the molecule is CCN(CC)C(=O)C[N+](C)(CC1CCCC(C[N+](C)(CC(=O)N(CC)CC)C(=O)O)N1CC(=O)O)C(=O)O. The van der Waals surface area contributed by atoms with Gasteiger partial charge >= 0.3 is 18.2 Å². The second kappa shape index (κ2) is 14.4. The minimum atomic E-state index is -1.20. The van der Waals surface area contributed by atoms with Crippen molar-refractivity contribution in [3.8, 4) is 0 Å². The van der Waals surface area contributed by atoms with Crippen molar-refractivity contribution in [3.05, 3.63) is 0 Å². The topological polar surface area (TPSA) is 156 Å². The van der Waals surface area contributed by atoms with Gasteiger partial charge < -0.3 is 25.1 Å². The molecule has 0 aromatic carbocycles. The van der Waals surface area contributed by atoms with Gasteiger partial charge in [0.25, 0.3) is 11.8 Å². The van der Waals surface area contributed by atoms with Crippen LogP contribution in [0.3, 0.4) is 0 Å². The predicted molar refractivity (Wildman–Crippen MR) is 140 cm³/mol. The highest BCUT2D eigenvalue weighted by molar-refractivity contribution is 5.79. The average Bonchev–Trinajstić information content (AvgIpc) is 2.82. The van der Waals surface area contributed by atoms with Crippen LogP contribution in [0, 0.1) is 0 Å². The molecule has 1 fully saturated rings. The van der Waals surface area contributed by atoms with E-state index in [1.165, 1.54) is 14.1 Å². The highest BCUT2D eigenvalue weighted by Gasteiger charge is 2.46. The van der Waals surface area contributed by atoms with Crippen LogP contribution >= 0.6 is 0 Å². The summed E-state index contributed by atoms with van der Waals surface area (Å²) in [5.74, 6) is -1.72. The highest BCUT2D eigenvalue weighted by atomic mass is 16.4. The lowest BCUT2D eigenvalue weighted by atomic mass is 9.93. The van der Waals surface area contributed by atoms with Crippen LogP contribution in [0.2, 0.25) is 0 Å². The molecule has 0 aromatic rings. The summed E-state index contributed by atoms with van der Waals surface area (Å²) >= 11 is 0. The second-order valence-electron chi connectivity index (χ2n) is 10.5. The second-order valence-corrected chi connectivity index (χ2v) is 10.5. The fraction of sp³-hybridized carbons (Fsp3) is 0.800. The number of hydrogen-bond donors (Lipinski definition) is 3. The van der Waals surface area contributed by atoms with E-state index in [9.17, 15) is 39.3 Å². The van der Waals surface area contributed by atoms with Crippen LogP contribution < -0.4 is 0 Å². The third-order valence-corrected chi connectivity index (χ3v) is 7.68. The first-order chi connectivity index (χ1) is 17.7. The minimum Gasteiger partial charge on any atom is -0.480 e. The number of rotatable bonds is 14. The zero-order valence-electron chi connectivity index (χ0n) is 23.8. The molecule has 1 saturated heterocycles. The van der Waals surface area contributed by atoms with Gasteiger partial charge in [0.05, 0.1) is 32.7 Å². The molecule has 0 spiro atoms. The maximum absolute atomic E-state index is 12.8. The monoisotopic (exact) mass is 545 g/mol. The third-order valence-electron chi connectivity index (χ3n) is 7.68. The molecule has 0 aromatic heterocycles. The molecule has 3 N–H and O–H groups in total. The number of nitrogens with zero attached hydrogens (tertiary/aromatic N) is 5. The zero-order valence-corrected chi connectivity index (χ0v) is 23.8. The summed E-state index contributed by atoms with van der Waals surface area (Å²) in [6, 6.07) is -1.01. The first-order valence-corrected chi connectivity index (χ1v) is 13.4. The van der Waals surface area contributed by atoms with Gasteiger partial charge in [0.15, 0.2) is 13.1 Å². The van der Waals surface area contributed by atoms with E-state index in [-0.39, 0.29) is 38.0 Å². The van der Waals surface area contributed by atoms with E-state index in [1.807, 2.05) is 27.7 Å². The molecule has 4 atom stereocenters. The highest BCUT2D eigenvalue weighted by Crippen LogP contribution is 2.27. The number of likely N-dealkylation sites (N-methyl/N-ethyl adjacent to an activating group) is 4. The molecule has 1 aliphatic heterocycles. The molecule has 1 heterocycles. The number of likely N-dealkylation sites (tertiary alicyclic amines) is 1. The summed E-state index contributed by atoms with van der Waals surface area (Å²) in [5.41, 5.74) is 0. The van der Waals surface area contributed by atoms with Crippen LogP contribution in [0.15, 0.2) is 0 Å². The summed E-state index contributed by atoms with van der Waals surface area (Å²) in [4.78, 5) is 66.9. The van der Waals surface area contributed by atoms with E-state index in [4.69, 9.17) is 0 Å². The van der Waals surface area contributed by atoms with Crippen LogP contribution in [-0.4, -0.2) is 154 Å². The van der Waals surface area contributed by atoms with Crippen molar-refractivity contribution >= 4 is 30.0 Å². The molecule has 0 bridgehead atoms. The first kappa shape index (κ1) is 33.3. The molecular weight excluding hydrogens is 498 g/mol. The number of hydrogen-bond acceptors (Lipinski definition) is 6. The van der Waals surface area contributed by atoms with Gasteiger partial charge in [-0.1, -0.05) is 0 Å². The van der Waals surface area contributed by atoms with Gasteiger partial charge in [0, 0.05) is 26.2 Å². The van der Waals surface area contributed by atoms with Crippen molar-refractivity contribution in [3.63, 3.8) is 0 Å². The lowest BCUT2D eigenvalue weighted by molar-refractivity contribution is -0.836. The van der Waals surface area contributed by atoms with E-state index >= 15 is 0 Å². The number of amides is 4. The van der Waals surface area contributed by atoms with E-state index in [2.05, 4.69) is 0 Å². The molecular formula is C25H47N5O8+2. The van der Waals surface area contributed by atoms with Crippen molar-refractivity contribution in [1.82, 2.24) is 14.7 Å². The number of piperidine rings is 1. The van der Waals surface area contributed by atoms with Gasteiger partial charge in [-0.15, -0.1) is 0 Å². The van der Waals surface area contributed by atoms with Crippen molar-refractivity contribution in [2.75, 3.05) is 73.0 Å². The Bertz CT molecular complexity index is 803. The molecule has 1 rings (SSSR count). The summed E-state index contributed by atoms with van der Waals surface area (Å²) in [7, 11) is 2.90. The van der Waals surface area contributed by atoms with Crippen molar-refractivity contribution in [1.29, 1.82) is 0 Å². The summed E-state index contributed by atoms with van der Waals surface area (Å²) in [5, 5.41) is 29.8. The largest absolute Gasteiger partial charge is 0.513 e. The van der Waals surface area contributed by atoms with E-state index in [0.717, 1.165) is 0 Å². The molecule has 38 heavy (non-hydrogen) atoms. The van der Waals surface area contributed by atoms with E-state index in [0.29, 0.717) is 45.4 Å². The Balaban J connectivity index is 3.29. The predicted octanol–water partition coefficient (Wildman–Crippen LogP) is 1.28. The Morgan fingerprint density at radius 1 is 0.711 bits per heavy atom. The van der Waals surface area contributed by atoms with Gasteiger partial charge in [0.2, 0.25) is 0 Å². The zero-order chi connectivity index (χ0) is 29.3. The standard InChI is InChI=1S/C25H45N5O8/c1-7-26(8-2)21(31)17-29(5,24(35)36)15-19-12-11-13-20(28(19)14-23(33)34)16-30(6,25(37)38)18-22(32)27(9-3)10-4/h19-20H,7-18H2,1-6H3,(H-2,33,34,35,36,37,38)/p+2. The lowest BCUT2D eigenvalue weighted by Gasteiger charge is -2.45. The third kappa shape index (κ3) is 8.63. The van der Waals surface area contributed by atoms with Crippen molar-refractivity contribution in [2.45, 2.75) is 59.0 Å². The smallest absolute Gasteiger partial charge is 0.480 e. The van der Waals surface area contributed by atoms with Gasteiger partial charge in [-0.2, -0.15) is 9.59 Å². The number of carbonyl (C=O) groups excluding carboxylic acids is 2. The van der Waals surface area contributed by atoms with E-state index in [1.54, 1.807) is 14.7 Å². The first-order valence-electron chi connectivity index (χ1n) is 13.4. The quantitative estimate of drug-likeness (QED) is 0.274. The molecule has 0 aliphatic carbocycles. The van der Waals surface area contributed by atoms with Gasteiger partial charge in [-0.25, -0.2) is 8.97 Å². The molecule has 218 valence electrons. The minimum absolute atomic E-state index is 0.0126. The molecule has 4 amide bonds.